The maximum atomic E-state index is 12.9. The van der Waals surface area contributed by atoms with Gasteiger partial charge >= 0.3 is 0 Å². The van der Waals surface area contributed by atoms with Crippen LogP contribution in [0, 0.1) is 5.82 Å². The van der Waals surface area contributed by atoms with Gasteiger partial charge in [0.1, 0.15) is 11.6 Å². The molecule has 2 aromatic carbocycles. The van der Waals surface area contributed by atoms with Gasteiger partial charge in [0, 0.05) is 6.54 Å². The Labute approximate surface area is 147 Å². The van der Waals surface area contributed by atoms with Crippen molar-refractivity contribution in [2.24, 2.45) is 0 Å². The number of likely N-dealkylation sites (tertiary alicyclic amines) is 1. The van der Waals surface area contributed by atoms with Crippen LogP contribution in [-0.4, -0.2) is 37.0 Å². The van der Waals surface area contributed by atoms with Crippen LogP contribution in [0.1, 0.15) is 24.4 Å². The third kappa shape index (κ3) is 5.03. The molecule has 3 rings (SSSR count). The molecular formula is C20H23FN2O2. The summed E-state index contributed by atoms with van der Waals surface area (Å²) in [4.78, 5) is 14.5. The molecule has 1 unspecified atom stereocenters. The van der Waals surface area contributed by atoms with Crippen molar-refractivity contribution in [2.45, 2.75) is 18.9 Å². The molecule has 2 aromatic rings. The van der Waals surface area contributed by atoms with E-state index in [0.29, 0.717) is 12.3 Å². The van der Waals surface area contributed by atoms with Crippen LogP contribution >= 0.6 is 0 Å². The molecule has 0 saturated carbocycles. The number of amides is 1. The Balaban J connectivity index is 1.53. The fraction of sp³-hybridized carbons (Fsp3) is 0.350. The second-order valence-electron chi connectivity index (χ2n) is 6.22. The fourth-order valence-corrected chi connectivity index (χ4v) is 3.13. The smallest absolute Gasteiger partial charge is 0.258 e. The van der Waals surface area contributed by atoms with Crippen LogP contribution in [0.2, 0.25) is 0 Å². The van der Waals surface area contributed by atoms with Gasteiger partial charge in [-0.05, 0) is 55.8 Å². The molecule has 4 nitrogen and oxygen atoms in total. The van der Waals surface area contributed by atoms with E-state index in [2.05, 4.69) is 22.3 Å². The highest BCUT2D eigenvalue weighted by atomic mass is 19.1. The van der Waals surface area contributed by atoms with Crippen LogP contribution in [0.25, 0.3) is 0 Å². The Hall–Kier alpha value is -2.40. The topological polar surface area (TPSA) is 41.6 Å². The number of rotatable bonds is 7. The summed E-state index contributed by atoms with van der Waals surface area (Å²) in [6, 6.07) is 16.1. The first-order chi connectivity index (χ1) is 12.2. The first-order valence-corrected chi connectivity index (χ1v) is 8.66. The van der Waals surface area contributed by atoms with Gasteiger partial charge in [-0.25, -0.2) is 4.39 Å². The predicted octanol–water partition coefficient (Wildman–Crippen LogP) is 3.16. The summed E-state index contributed by atoms with van der Waals surface area (Å²) in [5.41, 5.74) is 1.21. The summed E-state index contributed by atoms with van der Waals surface area (Å²) >= 11 is 0. The molecule has 1 atom stereocenters. The van der Waals surface area contributed by atoms with E-state index < -0.39 is 0 Å². The quantitative estimate of drug-likeness (QED) is 0.840. The van der Waals surface area contributed by atoms with Crippen LogP contribution in [0.5, 0.6) is 5.75 Å². The molecule has 0 bridgehead atoms. The van der Waals surface area contributed by atoms with Crippen molar-refractivity contribution < 1.29 is 13.9 Å². The Morgan fingerprint density at radius 1 is 1.08 bits per heavy atom. The van der Waals surface area contributed by atoms with Crippen molar-refractivity contribution in [1.29, 1.82) is 0 Å². The van der Waals surface area contributed by atoms with E-state index in [4.69, 9.17) is 4.74 Å². The lowest BCUT2D eigenvalue weighted by atomic mass is 10.1. The number of hydrogen-bond acceptors (Lipinski definition) is 3. The molecule has 0 radical (unpaired) electrons. The van der Waals surface area contributed by atoms with Crippen molar-refractivity contribution in [1.82, 2.24) is 10.2 Å². The van der Waals surface area contributed by atoms with Crippen LogP contribution in [0.3, 0.4) is 0 Å². The number of nitrogens with one attached hydrogen (secondary N) is 1. The molecule has 0 aromatic heterocycles. The summed E-state index contributed by atoms with van der Waals surface area (Å²) in [5.74, 6) is -0.0201. The van der Waals surface area contributed by atoms with Gasteiger partial charge in [0.2, 0.25) is 0 Å². The van der Waals surface area contributed by atoms with E-state index in [-0.39, 0.29) is 24.4 Å². The standard InChI is InChI=1S/C20H23FN2O2/c21-17-8-10-18(11-9-17)25-15-20(24)22-14-19(23-12-4-5-13-23)16-6-2-1-3-7-16/h1-3,6-11,19H,4-5,12-15H2,(H,22,24). The summed E-state index contributed by atoms with van der Waals surface area (Å²) in [6.45, 7) is 2.59. The molecule has 25 heavy (non-hydrogen) atoms. The van der Waals surface area contributed by atoms with Gasteiger partial charge in [0.05, 0.1) is 6.04 Å². The molecule has 0 spiro atoms. The van der Waals surface area contributed by atoms with Crippen molar-refractivity contribution in [3.8, 4) is 5.75 Å². The predicted molar refractivity (Wildman–Crippen MR) is 94.9 cm³/mol. The molecular weight excluding hydrogens is 319 g/mol. The Morgan fingerprint density at radius 3 is 2.44 bits per heavy atom. The third-order valence-corrected chi connectivity index (χ3v) is 4.44. The average Bonchev–Trinajstić information content (AvgIpc) is 3.17. The normalized spacial score (nSPS) is 15.7. The maximum Gasteiger partial charge on any atom is 0.258 e. The summed E-state index contributed by atoms with van der Waals surface area (Å²) in [6.07, 6.45) is 2.40. The second-order valence-corrected chi connectivity index (χ2v) is 6.22. The molecule has 1 saturated heterocycles. The minimum absolute atomic E-state index is 0.0762. The molecule has 1 amide bonds. The van der Waals surface area contributed by atoms with Crippen LogP contribution in [-0.2, 0) is 4.79 Å². The van der Waals surface area contributed by atoms with E-state index in [1.807, 2.05) is 18.2 Å². The van der Waals surface area contributed by atoms with Gasteiger partial charge in [0.25, 0.3) is 5.91 Å². The number of benzene rings is 2. The van der Waals surface area contributed by atoms with Crippen LogP contribution in [0.15, 0.2) is 54.6 Å². The number of ether oxygens (including phenoxy) is 1. The number of carbonyl (C=O) groups is 1. The lowest BCUT2D eigenvalue weighted by molar-refractivity contribution is -0.123. The largest absolute Gasteiger partial charge is 0.484 e. The molecule has 1 N–H and O–H groups in total. The zero-order valence-electron chi connectivity index (χ0n) is 14.2. The molecule has 1 heterocycles. The lowest BCUT2D eigenvalue weighted by Crippen LogP contribution is -2.38. The number of carbonyl (C=O) groups excluding carboxylic acids is 1. The third-order valence-electron chi connectivity index (χ3n) is 4.44. The van der Waals surface area contributed by atoms with E-state index in [1.165, 1.54) is 42.7 Å². The van der Waals surface area contributed by atoms with Gasteiger partial charge in [-0.2, -0.15) is 0 Å². The SMILES string of the molecule is O=C(COc1ccc(F)cc1)NCC(c1ccccc1)N1CCCC1. The number of halogens is 1. The first-order valence-electron chi connectivity index (χ1n) is 8.66. The van der Waals surface area contributed by atoms with E-state index in [1.54, 1.807) is 0 Å². The monoisotopic (exact) mass is 342 g/mol. The summed E-state index contributed by atoms with van der Waals surface area (Å²) in [5, 5.41) is 2.96. The highest BCUT2D eigenvalue weighted by Crippen LogP contribution is 2.24. The van der Waals surface area contributed by atoms with Crippen molar-refractivity contribution >= 4 is 5.91 Å². The van der Waals surface area contributed by atoms with E-state index >= 15 is 0 Å². The van der Waals surface area contributed by atoms with Gasteiger partial charge < -0.3 is 10.1 Å². The molecule has 5 heteroatoms. The van der Waals surface area contributed by atoms with E-state index in [9.17, 15) is 9.18 Å². The fourth-order valence-electron chi connectivity index (χ4n) is 3.13. The lowest BCUT2D eigenvalue weighted by Gasteiger charge is -2.28. The maximum absolute atomic E-state index is 12.9. The number of hydrogen-bond donors (Lipinski definition) is 1. The van der Waals surface area contributed by atoms with Crippen molar-refractivity contribution in [3.63, 3.8) is 0 Å². The molecule has 0 aliphatic carbocycles. The second kappa shape index (κ2) is 8.62. The minimum Gasteiger partial charge on any atom is -0.484 e. The van der Waals surface area contributed by atoms with E-state index in [0.717, 1.165) is 13.1 Å². The average molecular weight is 342 g/mol. The van der Waals surface area contributed by atoms with Gasteiger partial charge in [-0.15, -0.1) is 0 Å². The molecule has 1 fully saturated rings. The van der Waals surface area contributed by atoms with Gasteiger partial charge in [0.15, 0.2) is 6.61 Å². The van der Waals surface area contributed by atoms with Crippen molar-refractivity contribution in [3.05, 3.63) is 66.0 Å². The molecule has 1 aliphatic rings. The minimum atomic E-state index is -0.326. The Kier molecular flexibility index (Phi) is 6.01. The van der Waals surface area contributed by atoms with Crippen molar-refractivity contribution in [2.75, 3.05) is 26.2 Å². The highest BCUT2D eigenvalue weighted by Gasteiger charge is 2.23. The zero-order valence-corrected chi connectivity index (χ0v) is 14.2. The summed E-state index contributed by atoms with van der Waals surface area (Å²) in [7, 11) is 0. The number of nitrogens with zero attached hydrogens (tertiary/aromatic N) is 1. The first kappa shape index (κ1) is 17.4. The van der Waals surface area contributed by atoms with Gasteiger partial charge in [-0.3, -0.25) is 9.69 Å². The summed E-state index contributed by atoms with van der Waals surface area (Å²) < 4.78 is 18.3. The van der Waals surface area contributed by atoms with Crippen LogP contribution < -0.4 is 10.1 Å². The van der Waals surface area contributed by atoms with Gasteiger partial charge in [-0.1, -0.05) is 30.3 Å². The molecule has 132 valence electrons. The molecule has 1 aliphatic heterocycles. The van der Waals surface area contributed by atoms with Crippen LogP contribution in [0.4, 0.5) is 4.39 Å². The zero-order chi connectivity index (χ0) is 17.5. The highest BCUT2D eigenvalue weighted by molar-refractivity contribution is 5.77. The Morgan fingerprint density at radius 2 is 1.76 bits per heavy atom. The Bertz CT molecular complexity index is 670.